The molecule has 4 aliphatic rings. The fourth-order valence-electron chi connectivity index (χ4n) is 5.20. The summed E-state index contributed by atoms with van der Waals surface area (Å²) in [6.07, 6.45) is 4.18. The molecule has 2 unspecified atom stereocenters. The van der Waals surface area contributed by atoms with Crippen LogP contribution in [0.2, 0.25) is 0 Å². The van der Waals surface area contributed by atoms with Gasteiger partial charge in [-0.1, -0.05) is 0 Å². The number of pyridine rings is 1. The van der Waals surface area contributed by atoms with Gasteiger partial charge in [0.2, 0.25) is 5.88 Å². The molecule has 0 aromatic carbocycles. The molecule has 1 aliphatic carbocycles. The van der Waals surface area contributed by atoms with Crippen molar-refractivity contribution in [2.24, 2.45) is 11.8 Å². The first-order valence-electron chi connectivity index (χ1n) is 11.5. The van der Waals surface area contributed by atoms with Crippen molar-refractivity contribution in [2.45, 2.75) is 37.2 Å². The number of hydrogen-bond acceptors (Lipinski definition) is 6. The molecule has 3 aliphatic heterocycles. The van der Waals surface area contributed by atoms with Gasteiger partial charge in [0.25, 0.3) is 5.91 Å². The fourth-order valence-corrected chi connectivity index (χ4v) is 5.33. The second-order valence-corrected chi connectivity index (χ2v) is 9.87. The van der Waals surface area contributed by atoms with Gasteiger partial charge in [-0.3, -0.25) is 9.59 Å². The highest BCUT2D eigenvalue weighted by Crippen LogP contribution is 2.41. The number of hydrogen-bond donors (Lipinski definition) is 0. The van der Waals surface area contributed by atoms with Crippen LogP contribution < -0.4 is 4.74 Å². The lowest BCUT2D eigenvalue weighted by molar-refractivity contribution is -0.00940. The minimum Gasteiger partial charge on any atom is -0.477 e. The highest BCUT2D eigenvalue weighted by molar-refractivity contribution is 6.62. The Kier molecular flexibility index (Phi) is 6.03. The van der Waals surface area contributed by atoms with Crippen molar-refractivity contribution < 1.29 is 23.8 Å². The number of methoxy groups -OCH3 is 1. The van der Waals surface area contributed by atoms with E-state index in [4.69, 9.17) is 30.8 Å². The first kappa shape index (κ1) is 21.9. The van der Waals surface area contributed by atoms with Crippen LogP contribution in [0.25, 0.3) is 0 Å². The molecule has 4 fully saturated rings. The van der Waals surface area contributed by atoms with Crippen molar-refractivity contribution in [1.82, 2.24) is 14.8 Å². The van der Waals surface area contributed by atoms with Crippen LogP contribution in [-0.4, -0.2) is 84.8 Å². The highest BCUT2D eigenvalue weighted by atomic mass is 35.5. The van der Waals surface area contributed by atoms with Crippen molar-refractivity contribution in [3.63, 3.8) is 0 Å². The zero-order chi connectivity index (χ0) is 22.3. The van der Waals surface area contributed by atoms with Crippen LogP contribution in [0.1, 0.15) is 47.7 Å². The monoisotopic (exact) mass is 463 g/mol. The number of amides is 2. The molecule has 1 aromatic heterocycles. The zero-order valence-electron chi connectivity index (χ0n) is 18.4. The topological polar surface area (TPSA) is 81.2 Å². The summed E-state index contributed by atoms with van der Waals surface area (Å²) in [5, 5.41) is -0.469. The summed E-state index contributed by atoms with van der Waals surface area (Å²) in [4.78, 5) is 33.2. The van der Waals surface area contributed by atoms with Crippen molar-refractivity contribution in [1.29, 1.82) is 0 Å². The molecular formula is C23H30ClN3O5. The summed E-state index contributed by atoms with van der Waals surface area (Å²) in [5.41, 5.74) is 0.993. The number of halogens is 1. The Morgan fingerprint density at radius 2 is 1.88 bits per heavy atom. The van der Waals surface area contributed by atoms with E-state index in [9.17, 15) is 9.59 Å². The van der Waals surface area contributed by atoms with Crippen LogP contribution in [0.3, 0.4) is 0 Å². The van der Waals surface area contributed by atoms with E-state index < -0.39 is 11.0 Å². The Balaban J connectivity index is 1.31. The molecule has 8 nitrogen and oxygen atoms in total. The van der Waals surface area contributed by atoms with E-state index in [1.807, 2.05) is 11.0 Å². The Bertz CT molecular complexity index is 888. The van der Waals surface area contributed by atoms with E-state index in [-0.39, 0.29) is 11.8 Å². The smallest absolute Gasteiger partial charge is 0.316 e. The van der Waals surface area contributed by atoms with Crippen molar-refractivity contribution in [3.8, 4) is 5.88 Å². The van der Waals surface area contributed by atoms with E-state index in [0.29, 0.717) is 56.1 Å². The molecule has 174 valence electrons. The predicted octanol–water partition coefficient (Wildman–Crippen LogP) is 2.90. The van der Waals surface area contributed by atoms with Crippen molar-refractivity contribution in [3.05, 3.63) is 23.4 Å². The van der Waals surface area contributed by atoms with Gasteiger partial charge >= 0.3 is 5.37 Å². The molecule has 0 spiro atoms. The van der Waals surface area contributed by atoms with Gasteiger partial charge < -0.3 is 24.0 Å². The Morgan fingerprint density at radius 3 is 2.53 bits per heavy atom. The maximum atomic E-state index is 13.5. The van der Waals surface area contributed by atoms with E-state index in [1.54, 1.807) is 18.1 Å². The number of nitrogens with zero attached hydrogens (tertiary/aromatic N) is 3. The number of likely N-dealkylation sites (tertiary alicyclic amines) is 2. The lowest BCUT2D eigenvalue weighted by atomic mass is 9.95. The number of fused-ring (bicyclic) bond motifs is 1. The predicted molar refractivity (Wildman–Crippen MR) is 117 cm³/mol. The molecular weight excluding hydrogens is 434 g/mol. The average Bonchev–Trinajstić information content (AvgIpc) is 3.50. The lowest BCUT2D eigenvalue weighted by Gasteiger charge is -2.27. The number of carbonyl (C=O) groups is 2. The molecule has 9 heteroatoms. The molecule has 2 amide bonds. The lowest BCUT2D eigenvalue weighted by Crippen LogP contribution is -2.43. The Hall–Kier alpha value is -1.90. The second-order valence-electron chi connectivity index (χ2n) is 9.54. The SMILES string of the molecule is COC12CN(C(=O)Cl)CC1CN(C(=O)c1cc(OCC3CCOCC3)nc(C3CC3)c1)C2. The van der Waals surface area contributed by atoms with Crippen LogP contribution in [0.4, 0.5) is 4.79 Å². The third-order valence-electron chi connectivity index (χ3n) is 7.36. The van der Waals surface area contributed by atoms with Gasteiger partial charge in [0.1, 0.15) is 5.60 Å². The van der Waals surface area contributed by atoms with E-state index in [0.717, 1.165) is 44.6 Å². The third-order valence-corrected chi connectivity index (χ3v) is 7.60. The number of rotatable bonds is 6. The zero-order valence-corrected chi connectivity index (χ0v) is 19.2. The first-order valence-corrected chi connectivity index (χ1v) is 11.9. The quantitative estimate of drug-likeness (QED) is 0.476. The molecule has 5 rings (SSSR count). The van der Waals surface area contributed by atoms with Gasteiger partial charge in [0.05, 0.1) is 19.7 Å². The summed E-state index contributed by atoms with van der Waals surface area (Å²) in [6.45, 7) is 4.03. The van der Waals surface area contributed by atoms with Gasteiger partial charge in [-0.05, 0) is 49.3 Å². The van der Waals surface area contributed by atoms with E-state index >= 15 is 0 Å². The van der Waals surface area contributed by atoms with Gasteiger partial charge in [-0.25, -0.2) is 4.98 Å². The molecule has 4 heterocycles. The van der Waals surface area contributed by atoms with E-state index in [1.165, 1.54) is 0 Å². The molecule has 3 saturated heterocycles. The number of carbonyl (C=O) groups excluding carboxylic acids is 2. The van der Waals surface area contributed by atoms with Crippen molar-refractivity contribution in [2.75, 3.05) is 53.1 Å². The van der Waals surface area contributed by atoms with Crippen LogP contribution in [-0.2, 0) is 9.47 Å². The van der Waals surface area contributed by atoms with Gasteiger partial charge in [0, 0.05) is 62.6 Å². The van der Waals surface area contributed by atoms with Gasteiger partial charge in [0.15, 0.2) is 0 Å². The van der Waals surface area contributed by atoms with Crippen LogP contribution in [0, 0.1) is 11.8 Å². The molecule has 0 bridgehead atoms. The van der Waals surface area contributed by atoms with Crippen LogP contribution in [0.5, 0.6) is 5.88 Å². The van der Waals surface area contributed by atoms with Gasteiger partial charge in [-0.2, -0.15) is 0 Å². The molecule has 1 saturated carbocycles. The first-order chi connectivity index (χ1) is 15.5. The third kappa shape index (κ3) is 4.32. The minimum atomic E-state index is -0.561. The summed E-state index contributed by atoms with van der Waals surface area (Å²) in [7, 11) is 1.64. The van der Waals surface area contributed by atoms with E-state index in [2.05, 4.69) is 0 Å². The second kappa shape index (κ2) is 8.80. The maximum absolute atomic E-state index is 13.5. The fraction of sp³-hybridized carbons (Fsp3) is 0.696. The molecule has 32 heavy (non-hydrogen) atoms. The maximum Gasteiger partial charge on any atom is 0.316 e. The largest absolute Gasteiger partial charge is 0.477 e. The average molecular weight is 464 g/mol. The number of ether oxygens (including phenoxy) is 3. The standard InChI is InChI=1S/C23H30ClN3O5/c1-30-23-13-26(10-18(23)11-27(14-23)22(24)29)21(28)17-8-19(16-2-3-16)25-20(9-17)32-12-15-4-6-31-7-5-15/h8-9,15-16,18H,2-7,10-14H2,1H3. The Morgan fingerprint density at radius 1 is 1.16 bits per heavy atom. The summed E-state index contributed by atoms with van der Waals surface area (Å²) in [6, 6.07) is 3.69. The molecule has 0 radical (unpaired) electrons. The van der Waals surface area contributed by atoms with Gasteiger partial charge in [-0.15, -0.1) is 0 Å². The summed E-state index contributed by atoms with van der Waals surface area (Å²) < 4.78 is 17.3. The highest BCUT2D eigenvalue weighted by Gasteiger charge is 2.55. The minimum absolute atomic E-state index is 0.0419. The Labute approximate surface area is 193 Å². The molecule has 2 atom stereocenters. The van der Waals surface area contributed by atoms with Crippen LogP contribution >= 0.6 is 11.6 Å². The summed E-state index contributed by atoms with van der Waals surface area (Å²) in [5.74, 6) is 1.41. The molecule has 1 aromatic rings. The van der Waals surface area contributed by atoms with Crippen molar-refractivity contribution >= 4 is 22.9 Å². The number of aromatic nitrogens is 1. The normalized spacial score (nSPS) is 28.1. The summed E-state index contributed by atoms with van der Waals surface area (Å²) >= 11 is 5.69. The molecule has 0 N–H and O–H groups in total. The van der Waals surface area contributed by atoms with Crippen LogP contribution in [0.15, 0.2) is 12.1 Å².